The van der Waals surface area contributed by atoms with E-state index in [1.807, 2.05) is 13.0 Å². The summed E-state index contributed by atoms with van der Waals surface area (Å²) >= 11 is 3.37. The molecule has 0 saturated carbocycles. The highest BCUT2D eigenvalue weighted by atomic mass is 79.9. The number of benzene rings is 1. The Balaban J connectivity index is 2.34. The average molecular weight is 256 g/mol. The van der Waals surface area contributed by atoms with Gasteiger partial charge in [-0.2, -0.15) is 0 Å². The molecule has 0 aliphatic carbocycles. The smallest absolute Gasteiger partial charge is 0.132 e. The van der Waals surface area contributed by atoms with Crippen LogP contribution < -0.4 is 5.32 Å². The monoisotopic (exact) mass is 255 g/mol. The highest BCUT2D eigenvalue weighted by Gasteiger charge is 2.17. The van der Waals surface area contributed by atoms with Crippen molar-refractivity contribution in [2.75, 3.05) is 6.54 Å². The molecule has 0 amide bonds. The standard InChI is InChI=1S/C11H14BrNO/c1-7-5-8(6-9(12)11(7)14)10-3-2-4-13-10/h5-6,10,13-14H,2-4H2,1H3. The van der Waals surface area contributed by atoms with E-state index in [1.165, 1.54) is 18.4 Å². The lowest BCUT2D eigenvalue weighted by Crippen LogP contribution is -2.12. The number of hydrogen-bond donors (Lipinski definition) is 2. The maximum atomic E-state index is 9.61. The summed E-state index contributed by atoms with van der Waals surface area (Å²) in [6.07, 6.45) is 2.43. The van der Waals surface area contributed by atoms with E-state index < -0.39 is 0 Å². The molecule has 0 radical (unpaired) electrons. The Bertz CT molecular complexity index is 322. The van der Waals surface area contributed by atoms with Crippen molar-refractivity contribution in [3.63, 3.8) is 0 Å². The number of hydrogen-bond acceptors (Lipinski definition) is 2. The van der Waals surface area contributed by atoms with Crippen LogP contribution in [0.4, 0.5) is 0 Å². The first-order chi connectivity index (χ1) is 6.68. The number of aryl methyl sites for hydroxylation is 1. The topological polar surface area (TPSA) is 32.3 Å². The maximum absolute atomic E-state index is 9.61. The van der Waals surface area contributed by atoms with Crippen molar-refractivity contribution in [3.8, 4) is 5.75 Å². The van der Waals surface area contributed by atoms with Gasteiger partial charge in [-0.15, -0.1) is 0 Å². The summed E-state index contributed by atoms with van der Waals surface area (Å²) in [7, 11) is 0. The molecule has 76 valence electrons. The van der Waals surface area contributed by atoms with Crippen molar-refractivity contribution in [1.82, 2.24) is 5.32 Å². The third-order valence-corrected chi connectivity index (χ3v) is 3.34. The summed E-state index contributed by atoms with van der Waals surface area (Å²) in [5, 5.41) is 13.1. The van der Waals surface area contributed by atoms with Gasteiger partial charge in [-0.05, 0) is 59.4 Å². The molecule has 2 nitrogen and oxygen atoms in total. The highest BCUT2D eigenvalue weighted by molar-refractivity contribution is 9.10. The fourth-order valence-electron chi connectivity index (χ4n) is 1.93. The molecule has 1 atom stereocenters. The van der Waals surface area contributed by atoms with Crippen molar-refractivity contribution in [1.29, 1.82) is 0 Å². The molecule has 1 aliphatic rings. The van der Waals surface area contributed by atoms with Crippen molar-refractivity contribution in [3.05, 3.63) is 27.7 Å². The van der Waals surface area contributed by atoms with E-state index in [0.717, 1.165) is 16.6 Å². The van der Waals surface area contributed by atoms with Gasteiger partial charge in [0.2, 0.25) is 0 Å². The quantitative estimate of drug-likeness (QED) is 0.809. The fourth-order valence-corrected chi connectivity index (χ4v) is 2.51. The van der Waals surface area contributed by atoms with E-state index in [-0.39, 0.29) is 0 Å². The summed E-state index contributed by atoms with van der Waals surface area (Å²) in [5.74, 6) is 0.353. The third-order valence-electron chi connectivity index (χ3n) is 2.74. The van der Waals surface area contributed by atoms with Gasteiger partial charge in [0, 0.05) is 6.04 Å². The molecule has 3 heteroatoms. The van der Waals surface area contributed by atoms with Crippen LogP contribution in [-0.4, -0.2) is 11.7 Å². The average Bonchev–Trinajstić information content (AvgIpc) is 2.66. The molecule has 0 spiro atoms. The molecule has 0 aromatic heterocycles. The van der Waals surface area contributed by atoms with Crippen LogP contribution in [0.3, 0.4) is 0 Å². The van der Waals surface area contributed by atoms with Crippen molar-refractivity contribution >= 4 is 15.9 Å². The Hall–Kier alpha value is -0.540. The Labute approximate surface area is 92.5 Å². The number of aromatic hydroxyl groups is 1. The van der Waals surface area contributed by atoms with Crippen LogP contribution in [-0.2, 0) is 0 Å². The van der Waals surface area contributed by atoms with Gasteiger partial charge in [-0.3, -0.25) is 0 Å². The number of phenols is 1. The molecular weight excluding hydrogens is 242 g/mol. The first-order valence-electron chi connectivity index (χ1n) is 4.91. The number of nitrogens with one attached hydrogen (secondary N) is 1. The first-order valence-corrected chi connectivity index (χ1v) is 5.70. The minimum Gasteiger partial charge on any atom is -0.506 e. The van der Waals surface area contributed by atoms with E-state index in [9.17, 15) is 5.11 Å². The van der Waals surface area contributed by atoms with Crippen LogP contribution in [0.1, 0.15) is 30.0 Å². The molecule has 14 heavy (non-hydrogen) atoms. The van der Waals surface area contributed by atoms with E-state index >= 15 is 0 Å². The predicted molar refractivity (Wildman–Crippen MR) is 60.5 cm³/mol. The first kappa shape index (κ1) is 9.99. The van der Waals surface area contributed by atoms with E-state index in [1.54, 1.807) is 0 Å². The van der Waals surface area contributed by atoms with Gasteiger partial charge < -0.3 is 10.4 Å². The van der Waals surface area contributed by atoms with Crippen LogP contribution in [0.15, 0.2) is 16.6 Å². The zero-order valence-electron chi connectivity index (χ0n) is 8.18. The van der Waals surface area contributed by atoms with Crippen molar-refractivity contribution in [2.24, 2.45) is 0 Å². The van der Waals surface area contributed by atoms with Gasteiger partial charge in [0.25, 0.3) is 0 Å². The van der Waals surface area contributed by atoms with E-state index in [2.05, 4.69) is 27.3 Å². The van der Waals surface area contributed by atoms with Crippen LogP contribution in [0.2, 0.25) is 0 Å². The molecule has 2 N–H and O–H groups in total. The van der Waals surface area contributed by atoms with Gasteiger partial charge in [-0.25, -0.2) is 0 Å². The molecule has 1 fully saturated rings. The lowest BCUT2D eigenvalue weighted by molar-refractivity contribution is 0.467. The minimum absolute atomic E-state index is 0.353. The molecule has 1 aromatic rings. The Morgan fingerprint density at radius 3 is 2.86 bits per heavy atom. The molecule has 2 rings (SSSR count). The van der Waals surface area contributed by atoms with Crippen LogP contribution in [0.5, 0.6) is 5.75 Å². The minimum atomic E-state index is 0.353. The van der Waals surface area contributed by atoms with Crippen molar-refractivity contribution in [2.45, 2.75) is 25.8 Å². The number of phenolic OH excluding ortho intramolecular Hbond substituents is 1. The van der Waals surface area contributed by atoms with Crippen molar-refractivity contribution < 1.29 is 5.11 Å². The molecule has 0 bridgehead atoms. The predicted octanol–water partition coefficient (Wildman–Crippen LogP) is 2.89. The van der Waals surface area contributed by atoms with Gasteiger partial charge in [0.15, 0.2) is 0 Å². The number of rotatable bonds is 1. The lowest BCUT2D eigenvalue weighted by Gasteiger charge is -2.13. The van der Waals surface area contributed by atoms with Gasteiger partial charge >= 0.3 is 0 Å². The maximum Gasteiger partial charge on any atom is 0.132 e. The van der Waals surface area contributed by atoms with Crippen LogP contribution >= 0.6 is 15.9 Å². The van der Waals surface area contributed by atoms with Gasteiger partial charge in [0.05, 0.1) is 4.47 Å². The summed E-state index contributed by atoms with van der Waals surface area (Å²) < 4.78 is 0.793. The Kier molecular flexibility index (Phi) is 2.79. The second-order valence-corrected chi connectivity index (χ2v) is 4.67. The third kappa shape index (κ3) is 1.79. The summed E-state index contributed by atoms with van der Waals surface area (Å²) in [5.41, 5.74) is 2.20. The van der Waals surface area contributed by atoms with Crippen LogP contribution in [0.25, 0.3) is 0 Å². The van der Waals surface area contributed by atoms with Crippen LogP contribution in [0, 0.1) is 6.92 Å². The molecule has 1 aromatic carbocycles. The van der Waals surface area contributed by atoms with E-state index in [4.69, 9.17) is 0 Å². The summed E-state index contributed by atoms with van der Waals surface area (Å²) in [6.45, 7) is 3.03. The van der Waals surface area contributed by atoms with Gasteiger partial charge in [0.1, 0.15) is 5.75 Å². The number of halogens is 1. The highest BCUT2D eigenvalue weighted by Crippen LogP contribution is 2.33. The molecule has 1 saturated heterocycles. The lowest BCUT2D eigenvalue weighted by atomic mass is 10.0. The Morgan fingerprint density at radius 1 is 1.50 bits per heavy atom. The molecular formula is C11H14BrNO. The second kappa shape index (κ2) is 3.91. The van der Waals surface area contributed by atoms with Gasteiger partial charge in [-0.1, -0.05) is 6.07 Å². The second-order valence-electron chi connectivity index (χ2n) is 3.82. The molecule has 1 heterocycles. The SMILES string of the molecule is Cc1cc(C2CCCN2)cc(Br)c1O. The summed E-state index contributed by atoms with van der Waals surface area (Å²) in [4.78, 5) is 0. The normalized spacial score (nSPS) is 21.4. The fraction of sp³-hybridized carbons (Fsp3) is 0.455. The largest absolute Gasteiger partial charge is 0.506 e. The zero-order chi connectivity index (χ0) is 10.1. The zero-order valence-corrected chi connectivity index (χ0v) is 9.76. The van der Waals surface area contributed by atoms with E-state index in [0.29, 0.717) is 11.8 Å². The molecule has 1 aliphatic heterocycles. The summed E-state index contributed by atoms with van der Waals surface area (Å²) in [6, 6.07) is 4.53. The Morgan fingerprint density at radius 2 is 2.29 bits per heavy atom. The molecule has 1 unspecified atom stereocenters.